The molecule has 0 N–H and O–H groups in total. The van der Waals surface area contributed by atoms with Gasteiger partial charge in [-0.25, -0.2) is 0 Å². The largest absolute Gasteiger partial charge is 0.286 e. The molecule has 0 aromatic carbocycles. The summed E-state index contributed by atoms with van der Waals surface area (Å²) in [7, 11) is 1.67. The molecule has 0 bridgehead atoms. The molecule has 0 aromatic heterocycles. The van der Waals surface area contributed by atoms with E-state index in [-0.39, 0.29) is 35.8 Å². The lowest BCUT2D eigenvalue weighted by atomic mass is 10.1. The van der Waals surface area contributed by atoms with Gasteiger partial charge in [-0.15, -0.1) is 24.0 Å². The Morgan fingerprint density at radius 1 is 0.415 bits per heavy atom. The van der Waals surface area contributed by atoms with Crippen molar-refractivity contribution >= 4 is 35.8 Å². The molecule has 4 heteroatoms. The molecule has 0 atom stereocenters. The highest BCUT2D eigenvalue weighted by Gasteiger charge is 2.15. The highest BCUT2D eigenvalue weighted by Crippen LogP contribution is 2.13. The molecular formula is C37H70INO2. The molecule has 0 fully saturated rings. The van der Waals surface area contributed by atoms with Crippen LogP contribution in [0.2, 0.25) is 0 Å². The SMILES string of the molecule is CCCCCCCC/C=C\CCCCCCCC(=O)N(C)C(=O)CCCCCCC/C=C\CCCCCCCC.I. The summed E-state index contributed by atoms with van der Waals surface area (Å²) in [4.78, 5) is 26.1. The summed E-state index contributed by atoms with van der Waals surface area (Å²) < 4.78 is 0. The standard InChI is InChI=1S/C37H69NO2.HI/c1-4-6-8-10-12-14-16-18-20-22-24-26-28-30-32-34-36(39)38(3)37(40)35-33-31-29-27-25-23-21-19-17-15-13-11-9-7-5-2;/h18-21H,4-17,22-35H2,1-3H3;1H/b20-18-,21-19-;. The average molecular weight is 688 g/mol. The van der Waals surface area contributed by atoms with Crippen molar-refractivity contribution < 1.29 is 9.59 Å². The van der Waals surface area contributed by atoms with Crippen molar-refractivity contribution in [1.82, 2.24) is 4.90 Å². The van der Waals surface area contributed by atoms with Crippen LogP contribution < -0.4 is 0 Å². The summed E-state index contributed by atoms with van der Waals surface area (Å²) in [6.45, 7) is 4.54. The molecule has 242 valence electrons. The lowest BCUT2D eigenvalue weighted by molar-refractivity contribution is -0.143. The van der Waals surface area contributed by atoms with Crippen LogP contribution in [0.4, 0.5) is 0 Å². The maximum Gasteiger partial charge on any atom is 0.228 e. The van der Waals surface area contributed by atoms with Gasteiger partial charge < -0.3 is 0 Å². The van der Waals surface area contributed by atoms with E-state index in [4.69, 9.17) is 0 Å². The molecule has 2 amide bonds. The highest BCUT2D eigenvalue weighted by molar-refractivity contribution is 14.0. The molecule has 0 aliphatic carbocycles. The Bertz CT molecular complexity index is 564. The third-order valence-corrected chi connectivity index (χ3v) is 8.05. The third kappa shape index (κ3) is 32.1. The fourth-order valence-electron chi connectivity index (χ4n) is 5.17. The topological polar surface area (TPSA) is 37.4 Å². The first-order chi connectivity index (χ1) is 19.6. The van der Waals surface area contributed by atoms with Crippen LogP contribution in [0.25, 0.3) is 0 Å². The first kappa shape index (κ1) is 42.5. The lowest BCUT2D eigenvalue weighted by Gasteiger charge is -2.15. The number of hydrogen-bond acceptors (Lipinski definition) is 2. The van der Waals surface area contributed by atoms with E-state index in [1.165, 1.54) is 146 Å². The molecule has 0 aliphatic rings. The van der Waals surface area contributed by atoms with E-state index >= 15 is 0 Å². The summed E-state index contributed by atoms with van der Waals surface area (Å²) in [5.41, 5.74) is 0. The molecule has 0 saturated heterocycles. The zero-order valence-electron chi connectivity index (χ0n) is 27.8. The van der Waals surface area contributed by atoms with E-state index in [0.29, 0.717) is 12.8 Å². The average Bonchev–Trinajstić information content (AvgIpc) is 2.96. The highest BCUT2D eigenvalue weighted by atomic mass is 127. The number of rotatable bonds is 30. The molecule has 3 nitrogen and oxygen atoms in total. The van der Waals surface area contributed by atoms with Crippen LogP contribution in [0, 0.1) is 0 Å². The second-order valence-corrected chi connectivity index (χ2v) is 12.0. The zero-order valence-corrected chi connectivity index (χ0v) is 30.1. The van der Waals surface area contributed by atoms with Crippen LogP contribution >= 0.6 is 24.0 Å². The van der Waals surface area contributed by atoms with Crippen LogP contribution in [-0.2, 0) is 9.59 Å². The van der Waals surface area contributed by atoms with Gasteiger partial charge in [0, 0.05) is 19.9 Å². The van der Waals surface area contributed by atoms with Crippen molar-refractivity contribution in [2.24, 2.45) is 0 Å². The number of allylic oxidation sites excluding steroid dienone is 4. The minimum Gasteiger partial charge on any atom is -0.286 e. The van der Waals surface area contributed by atoms with E-state index in [9.17, 15) is 9.59 Å². The zero-order chi connectivity index (χ0) is 29.4. The van der Waals surface area contributed by atoms with Crippen LogP contribution in [0.5, 0.6) is 0 Å². The maximum absolute atomic E-state index is 12.4. The predicted octanol–water partition coefficient (Wildman–Crippen LogP) is 12.7. The minimum absolute atomic E-state index is 0. The van der Waals surface area contributed by atoms with Gasteiger partial charge in [0.05, 0.1) is 0 Å². The van der Waals surface area contributed by atoms with Gasteiger partial charge in [-0.05, 0) is 64.2 Å². The number of unbranched alkanes of at least 4 members (excludes halogenated alkanes) is 22. The molecule has 0 spiro atoms. The number of amides is 2. The molecule has 0 rings (SSSR count). The van der Waals surface area contributed by atoms with E-state index in [2.05, 4.69) is 38.2 Å². The fourth-order valence-corrected chi connectivity index (χ4v) is 5.17. The molecule has 0 aliphatic heterocycles. The molecule has 0 saturated carbocycles. The molecule has 0 aromatic rings. The molecule has 0 heterocycles. The van der Waals surface area contributed by atoms with Crippen LogP contribution in [0.1, 0.15) is 194 Å². The van der Waals surface area contributed by atoms with Gasteiger partial charge >= 0.3 is 0 Å². The Morgan fingerprint density at radius 3 is 0.951 bits per heavy atom. The number of nitrogens with zero attached hydrogens (tertiary/aromatic N) is 1. The van der Waals surface area contributed by atoms with E-state index in [1.54, 1.807) is 7.05 Å². The van der Waals surface area contributed by atoms with E-state index in [0.717, 1.165) is 25.7 Å². The molecular weight excluding hydrogens is 617 g/mol. The van der Waals surface area contributed by atoms with Crippen molar-refractivity contribution in [2.45, 2.75) is 194 Å². The summed E-state index contributed by atoms with van der Waals surface area (Å²) in [5, 5.41) is 0. The number of carbonyl (C=O) groups excluding carboxylic acids is 2. The first-order valence-corrected chi connectivity index (χ1v) is 17.7. The van der Waals surface area contributed by atoms with Gasteiger partial charge in [0.25, 0.3) is 0 Å². The Morgan fingerprint density at radius 2 is 0.659 bits per heavy atom. The monoisotopic (exact) mass is 687 g/mol. The van der Waals surface area contributed by atoms with Crippen molar-refractivity contribution in [3.63, 3.8) is 0 Å². The fraction of sp³-hybridized carbons (Fsp3) is 0.838. The summed E-state index contributed by atoms with van der Waals surface area (Å²) in [5.74, 6) is -0.00857. The van der Waals surface area contributed by atoms with Crippen molar-refractivity contribution in [2.75, 3.05) is 7.05 Å². The van der Waals surface area contributed by atoms with Crippen LogP contribution in [0.3, 0.4) is 0 Å². The summed E-state index contributed by atoms with van der Waals surface area (Å²) in [6, 6.07) is 0. The Kier molecular flexibility index (Phi) is 36.8. The van der Waals surface area contributed by atoms with Gasteiger partial charge in [-0.3, -0.25) is 14.5 Å². The Hall–Kier alpha value is -0.650. The van der Waals surface area contributed by atoms with Gasteiger partial charge in [-0.2, -0.15) is 0 Å². The molecule has 41 heavy (non-hydrogen) atoms. The van der Waals surface area contributed by atoms with Crippen LogP contribution in [0.15, 0.2) is 24.3 Å². The quantitative estimate of drug-likeness (QED) is 0.0428. The Labute approximate surface area is 274 Å². The normalized spacial score (nSPS) is 11.4. The predicted molar refractivity (Wildman–Crippen MR) is 192 cm³/mol. The smallest absolute Gasteiger partial charge is 0.228 e. The molecule has 0 unspecified atom stereocenters. The number of imide groups is 1. The number of hydrogen-bond donors (Lipinski definition) is 0. The van der Waals surface area contributed by atoms with Gasteiger partial charge in [-0.1, -0.05) is 141 Å². The number of halogens is 1. The second-order valence-electron chi connectivity index (χ2n) is 12.0. The van der Waals surface area contributed by atoms with Crippen molar-refractivity contribution in [3.8, 4) is 0 Å². The Balaban J connectivity index is 0. The summed E-state index contributed by atoms with van der Waals surface area (Å²) in [6.07, 6.45) is 43.0. The third-order valence-electron chi connectivity index (χ3n) is 8.05. The van der Waals surface area contributed by atoms with Gasteiger partial charge in [0.15, 0.2) is 0 Å². The van der Waals surface area contributed by atoms with E-state index in [1.807, 2.05) is 0 Å². The van der Waals surface area contributed by atoms with Gasteiger partial charge in [0.1, 0.15) is 0 Å². The maximum atomic E-state index is 12.4. The number of carbonyl (C=O) groups is 2. The lowest BCUT2D eigenvalue weighted by Crippen LogP contribution is -2.32. The molecule has 0 radical (unpaired) electrons. The second kappa shape index (κ2) is 35.5. The first-order valence-electron chi connectivity index (χ1n) is 17.7. The van der Waals surface area contributed by atoms with Gasteiger partial charge in [0.2, 0.25) is 11.8 Å². The van der Waals surface area contributed by atoms with E-state index < -0.39 is 0 Å². The minimum atomic E-state index is -0.00428. The van der Waals surface area contributed by atoms with Crippen molar-refractivity contribution in [3.05, 3.63) is 24.3 Å². The van der Waals surface area contributed by atoms with Crippen LogP contribution in [-0.4, -0.2) is 23.8 Å². The summed E-state index contributed by atoms with van der Waals surface area (Å²) >= 11 is 0. The van der Waals surface area contributed by atoms with Crippen molar-refractivity contribution in [1.29, 1.82) is 0 Å².